The molecule has 0 aromatic heterocycles. The average molecular weight is 207 g/mol. The van der Waals surface area contributed by atoms with Crippen molar-refractivity contribution in [2.45, 2.75) is 6.92 Å². The third-order valence-electron chi connectivity index (χ3n) is 1.93. The van der Waals surface area contributed by atoms with E-state index in [2.05, 4.69) is 10.3 Å². The molecule has 0 fully saturated rings. The lowest BCUT2D eigenvalue weighted by Gasteiger charge is -2.03. The molecule has 0 spiro atoms. The number of nitrogens with one attached hydrogen (secondary N) is 1. The van der Waals surface area contributed by atoms with Gasteiger partial charge in [0.05, 0.1) is 6.61 Å². The van der Waals surface area contributed by atoms with Gasteiger partial charge in [-0.05, 0) is 19.1 Å². The molecular weight excluding hydrogens is 198 g/mol. The molecular formula is C9H9N3O3. The highest BCUT2D eigenvalue weighted by Gasteiger charge is 2.17. The maximum Gasteiger partial charge on any atom is 0.434 e. The SMILES string of the molecule is CCOC(=O)n1[nH]nc2c(=O)cccc1-2. The van der Waals surface area contributed by atoms with Gasteiger partial charge in [0.15, 0.2) is 5.69 Å². The summed E-state index contributed by atoms with van der Waals surface area (Å²) in [5.74, 6) is 0. The minimum Gasteiger partial charge on any atom is -0.448 e. The van der Waals surface area contributed by atoms with Gasteiger partial charge in [-0.25, -0.2) is 10.0 Å². The van der Waals surface area contributed by atoms with Crippen LogP contribution in [-0.2, 0) is 4.74 Å². The summed E-state index contributed by atoms with van der Waals surface area (Å²) in [6, 6.07) is 4.58. The standard InChI is InChI=1S/C9H9N3O3/c1-2-15-9(14)12-6-4-3-5-7(13)8(6)10-11-12/h3-5,11H,2H2,1H3. The molecule has 0 saturated heterocycles. The van der Waals surface area contributed by atoms with E-state index in [1.54, 1.807) is 19.1 Å². The van der Waals surface area contributed by atoms with Crippen molar-refractivity contribution in [2.24, 2.45) is 0 Å². The van der Waals surface area contributed by atoms with Gasteiger partial charge in [0.1, 0.15) is 5.69 Å². The first kappa shape index (κ1) is 9.45. The Morgan fingerprint density at radius 2 is 2.40 bits per heavy atom. The van der Waals surface area contributed by atoms with E-state index in [0.717, 1.165) is 4.68 Å². The van der Waals surface area contributed by atoms with Crippen LogP contribution < -0.4 is 5.43 Å². The van der Waals surface area contributed by atoms with Crippen LogP contribution in [0.3, 0.4) is 0 Å². The summed E-state index contributed by atoms with van der Waals surface area (Å²) in [7, 11) is 0. The fourth-order valence-corrected chi connectivity index (χ4v) is 1.28. The van der Waals surface area contributed by atoms with E-state index in [1.165, 1.54) is 6.07 Å². The van der Waals surface area contributed by atoms with Crippen molar-refractivity contribution < 1.29 is 9.53 Å². The number of ether oxygens (including phenoxy) is 1. The number of hydrogen-bond donors (Lipinski definition) is 1. The van der Waals surface area contributed by atoms with Gasteiger partial charge in [-0.2, -0.15) is 9.78 Å². The molecule has 0 aromatic carbocycles. The summed E-state index contributed by atoms with van der Waals surface area (Å²) in [5.41, 5.74) is 0.415. The van der Waals surface area contributed by atoms with Crippen LogP contribution in [0.2, 0.25) is 0 Å². The highest BCUT2D eigenvalue weighted by Crippen LogP contribution is 2.13. The molecule has 1 aliphatic heterocycles. The highest BCUT2D eigenvalue weighted by atomic mass is 16.6. The van der Waals surface area contributed by atoms with Gasteiger partial charge in [-0.3, -0.25) is 4.79 Å². The van der Waals surface area contributed by atoms with E-state index in [4.69, 9.17) is 4.74 Å². The number of benzene rings is 1. The predicted molar refractivity (Wildman–Crippen MR) is 51.9 cm³/mol. The van der Waals surface area contributed by atoms with Gasteiger partial charge in [-0.15, -0.1) is 0 Å². The molecule has 6 heteroatoms. The molecule has 0 radical (unpaired) electrons. The number of fused-ring (bicyclic) bond motifs is 1. The highest BCUT2D eigenvalue weighted by molar-refractivity contribution is 5.76. The van der Waals surface area contributed by atoms with Gasteiger partial charge in [0, 0.05) is 0 Å². The third-order valence-corrected chi connectivity index (χ3v) is 1.93. The van der Waals surface area contributed by atoms with Crippen molar-refractivity contribution in [3.8, 4) is 11.4 Å². The largest absolute Gasteiger partial charge is 0.448 e. The zero-order chi connectivity index (χ0) is 10.8. The Bertz CT molecular complexity index is 514. The smallest absolute Gasteiger partial charge is 0.434 e. The summed E-state index contributed by atoms with van der Waals surface area (Å²) in [4.78, 5) is 22.7. The van der Waals surface area contributed by atoms with E-state index in [0.29, 0.717) is 5.69 Å². The number of carbonyl (C=O) groups excluding carboxylic acids is 1. The number of rotatable bonds is 1. The number of hydrogen-bond acceptors (Lipinski definition) is 4. The van der Waals surface area contributed by atoms with Crippen molar-refractivity contribution in [1.29, 1.82) is 0 Å². The molecule has 1 aliphatic carbocycles. The fraction of sp³-hybridized carbons (Fsp3) is 0.222. The second-order valence-corrected chi connectivity index (χ2v) is 2.87. The number of carbonyl (C=O) groups is 1. The summed E-state index contributed by atoms with van der Waals surface area (Å²) in [6.07, 6.45) is -0.578. The topological polar surface area (TPSA) is 77.0 Å². The predicted octanol–water partition coefficient (Wildman–Crippen LogP) is 0.681. The van der Waals surface area contributed by atoms with Gasteiger partial charge in [0.25, 0.3) is 0 Å². The molecule has 15 heavy (non-hydrogen) atoms. The second-order valence-electron chi connectivity index (χ2n) is 2.87. The Morgan fingerprint density at radius 1 is 1.60 bits per heavy atom. The molecule has 1 heterocycles. The quantitative estimate of drug-likeness (QED) is 0.745. The number of aromatic amines is 1. The first-order valence-electron chi connectivity index (χ1n) is 4.47. The first-order valence-corrected chi connectivity index (χ1v) is 4.47. The van der Waals surface area contributed by atoms with Crippen LogP contribution in [0, 0.1) is 0 Å². The summed E-state index contributed by atoms with van der Waals surface area (Å²) in [5, 5.41) is 6.18. The zero-order valence-electron chi connectivity index (χ0n) is 8.06. The molecule has 2 aliphatic rings. The Balaban J connectivity index is 2.50. The fourth-order valence-electron chi connectivity index (χ4n) is 1.28. The normalized spacial score (nSPS) is 10.5. The van der Waals surface area contributed by atoms with Crippen molar-refractivity contribution in [2.75, 3.05) is 6.61 Å². The molecule has 6 nitrogen and oxygen atoms in total. The van der Waals surface area contributed by atoms with Crippen LogP contribution in [0.5, 0.6) is 0 Å². The first-order chi connectivity index (χ1) is 7.24. The lowest BCUT2D eigenvalue weighted by molar-refractivity contribution is 0.150. The van der Waals surface area contributed by atoms with E-state index in [1.807, 2.05) is 0 Å². The molecule has 78 valence electrons. The van der Waals surface area contributed by atoms with Gasteiger partial charge < -0.3 is 4.74 Å². The van der Waals surface area contributed by atoms with Crippen LogP contribution >= 0.6 is 0 Å². The number of nitrogens with zero attached hydrogens (tertiary/aromatic N) is 2. The molecule has 0 aromatic rings. The lowest BCUT2D eigenvalue weighted by atomic mass is 10.2. The van der Waals surface area contributed by atoms with E-state index in [-0.39, 0.29) is 17.7 Å². The summed E-state index contributed by atoms with van der Waals surface area (Å²) >= 11 is 0. The Morgan fingerprint density at radius 3 is 3.13 bits per heavy atom. The Kier molecular flexibility index (Phi) is 2.24. The average Bonchev–Trinajstić information content (AvgIpc) is 2.63. The summed E-state index contributed by atoms with van der Waals surface area (Å²) < 4.78 is 5.88. The van der Waals surface area contributed by atoms with Gasteiger partial charge >= 0.3 is 6.09 Å². The molecule has 0 unspecified atom stereocenters. The van der Waals surface area contributed by atoms with E-state index >= 15 is 0 Å². The Labute approximate surface area is 84.8 Å². The molecule has 0 atom stereocenters. The van der Waals surface area contributed by atoms with Gasteiger partial charge in [-0.1, -0.05) is 6.07 Å². The molecule has 1 N–H and O–H groups in total. The van der Waals surface area contributed by atoms with Gasteiger partial charge in [0.2, 0.25) is 5.43 Å². The van der Waals surface area contributed by atoms with Crippen molar-refractivity contribution in [1.82, 2.24) is 15.0 Å². The van der Waals surface area contributed by atoms with Crippen molar-refractivity contribution >= 4 is 6.09 Å². The molecule has 2 rings (SSSR count). The summed E-state index contributed by atoms with van der Waals surface area (Å²) in [6.45, 7) is 1.97. The number of aromatic nitrogens is 3. The van der Waals surface area contributed by atoms with Crippen LogP contribution in [0.1, 0.15) is 6.92 Å². The monoisotopic (exact) mass is 207 g/mol. The van der Waals surface area contributed by atoms with E-state index in [9.17, 15) is 9.59 Å². The van der Waals surface area contributed by atoms with Crippen LogP contribution in [0.4, 0.5) is 4.79 Å². The second kappa shape index (κ2) is 3.56. The Hall–Kier alpha value is -2.11. The minimum atomic E-state index is -0.578. The van der Waals surface area contributed by atoms with Crippen LogP contribution in [-0.4, -0.2) is 27.7 Å². The van der Waals surface area contributed by atoms with E-state index < -0.39 is 6.09 Å². The van der Waals surface area contributed by atoms with Crippen molar-refractivity contribution in [3.63, 3.8) is 0 Å². The minimum absolute atomic E-state index is 0.227. The molecule has 0 bridgehead atoms. The lowest BCUT2D eigenvalue weighted by Crippen LogP contribution is -2.16. The number of H-pyrrole nitrogens is 1. The van der Waals surface area contributed by atoms with Crippen LogP contribution in [0.25, 0.3) is 11.4 Å². The molecule has 0 amide bonds. The third kappa shape index (κ3) is 1.50. The van der Waals surface area contributed by atoms with Crippen LogP contribution in [0.15, 0.2) is 23.0 Å². The molecule has 0 saturated carbocycles. The van der Waals surface area contributed by atoms with Crippen molar-refractivity contribution in [3.05, 3.63) is 28.4 Å². The maximum absolute atomic E-state index is 11.4. The zero-order valence-corrected chi connectivity index (χ0v) is 8.06. The number of para-hydroxylation sites is 1. The maximum atomic E-state index is 11.4.